The minimum atomic E-state index is -0.350. The van der Waals surface area contributed by atoms with E-state index in [1.807, 2.05) is 13.8 Å². The third-order valence-corrected chi connectivity index (χ3v) is 4.20. The third-order valence-electron chi connectivity index (χ3n) is 3.74. The monoisotopic (exact) mass is 341 g/mol. The van der Waals surface area contributed by atoms with Gasteiger partial charge < -0.3 is 10.3 Å². The van der Waals surface area contributed by atoms with E-state index in [1.165, 1.54) is 12.1 Å². The Hall–Kier alpha value is -1.27. The second-order valence-electron chi connectivity index (χ2n) is 4.77. The minimum absolute atomic E-state index is 0.310. The molecule has 0 aliphatic rings. The van der Waals surface area contributed by atoms with Gasteiger partial charge in [-0.15, -0.1) is 0 Å². The average Bonchev–Trinajstić information content (AvgIpc) is 2.91. The summed E-state index contributed by atoms with van der Waals surface area (Å²) in [7, 11) is 0. The van der Waals surface area contributed by atoms with Crippen molar-refractivity contribution in [1.29, 1.82) is 0 Å². The van der Waals surface area contributed by atoms with Crippen molar-refractivity contribution in [3.63, 3.8) is 0 Å². The molecule has 2 aromatic rings. The standard InChI is InChI=1S/C14H17BrFN3O/c1-3-14(4-2,8-17)13-18-12(19-20-13)9-5-10(15)7-11(16)6-9/h5-7H,3-4,8,17H2,1-2H3. The van der Waals surface area contributed by atoms with Crippen molar-refractivity contribution >= 4 is 15.9 Å². The van der Waals surface area contributed by atoms with Crippen molar-refractivity contribution in [3.05, 3.63) is 34.4 Å². The Morgan fingerprint density at radius 1 is 1.30 bits per heavy atom. The fourth-order valence-corrected chi connectivity index (χ4v) is 2.63. The Kier molecular flexibility index (Phi) is 4.55. The van der Waals surface area contributed by atoms with Crippen LogP contribution in [0.3, 0.4) is 0 Å². The molecule has 0 aliphatic heterocycles. The summed E-state index contributed by atoms with van der Waals surface area (Å²) in [6, 6.07) is 4.51. The molecule has 4 nitrogen and oxygen atoms in total. The predicted molar refractivity (Wildman–Crippen MR) is 78.7 cm³/mol. The Balaban J connectivity index is 2.42. The fourth-order valence-electron chi connectivity index (χ4n) is 2.17. The van der Waals surface area contributed by atoms with Gasteiger partial charge in [-0.25, -0.2) is 4.39 Å². The van der Waals surface area contributed by atoms with Gasteiger partial charge in [-0.3, -0.25) is 0 Å². The molecule has 0 atom stereocenters. The van der Waals surface area contributed by atoms with Gasteiger partial charge >= 0.3 is 0 Å². The van der Waals surface area contributed by atoms with E-state index in [1.54, 1.807) is 6.07 Å². The summed E-state index contributed by atoms with van der Waals surface area (Å²) >= 11 is 3.25. The summed E-state index contributed by atoms with van der Waals surface area (Å²) in [5.74, 6) is 0.539. The number of benzene rings is 1. The van der Waals surface area contributed by atoms with Crippen LogP contribution in [0.15, 0.2) is 27.2 Å². The quantitative estimate of drug-likeness (QED) is 0.901. The maximum absolute atomic E-state index is 13.4. The molecule has 1 heterocycles. The Bertz CT molecular complexity index is 567. The highest BCUT2D eigenvalue weighted by molar-refractivity contribution is 9.10. The molecule has 0 amide bonds. The maximum Gasteiger partial charge on any atom is 0.234 e. The van der Waals surface area contributed by atoms with E-state index in [-0.39, 0.29) is 11.2 Å². The number of aromatic nitrogens is 2. The van der Waals surface area contributed by atoms with Gasteiger partial charge in [0.15, 0.2) is 0 Å². The van der Waals surface area contributed by atoms with E-state index in [9.17, 15) is 4.39 Å². The zero-order chi connectivity index (χ0) is 14.8. The number of rotatable bonds is 5. The molecule has 0 radical (unpaired) electrons. The van der Waals surface area contributed by atoms with Gasteiger partial charge in [0, 0.05) is 16.6 Å². The zero-order valence-electron chi connectivity index (χ0n) is 11.5. The first-order valence-electron chi connectivity index (χ1n) is 6.55. The molecule has 0 spiro atoms. The molecule has 0 saturated heterocycles. The van der Waals surface area contributed by atoms with Crippen LogP contribution in [0.1, 0.15) is 32.6 Å². The first-order valence-corrected chi connectivity index (χ1v) is 7.34. The molecule has 0 bridgehead atoms. The summed E-state index contributed by atoms with van der Waals surface area (Å²) in [6.45, 7) is 4.52. The van der Waals surface area contributed by atoms with Crippen LogP contribution >= 0.6 is 15.9 Å². The molecule has 0 saturated carbocycles. The fraction of sp³-hybridized carbons (Fsp3) is 0.429. The Labute approximate surface area is 125 Å². The predicted octanol–water partition coefficient (Wildman–Crippen LogP) is 3.65. The highest BCUT2D eigenvalue weighted by atomic mass is 79.9. The van der Waals surface area contributed by atoms with Crippen LogP contribution in [0.4, 0.5) is 4.39 Å². The lowest BCUT2D eigenvalue weighted by Crippen LogP contribution is -2.34. The highest BCUT2D eigenvalue weighted by Crippen LogP contribution is 2.31. The maximum atomic E-state index is 13.4. The van der Waals surface area contributed by atoms with Gasteiger partial charge in [0.2, 0.25) is 11.7 Å². The van der Waals surface area contributed by atoms with E-state index in [0.29, 0.717) is 28.3 Å². The topological polar surface area (TPSA) is 64.9 Å². The van der Waals surface area contributed by atoms with Gasteiger partial charge in [-0.1, -0.05) is 34.9 Å². The van der Waals surface area contributed by atoms with Gasteiger partial charge in [0.05, 0.1) is 5.41 Å². The van der Waals surface area contributed by atoms with Gasteiger partial charge in [0.1, 0.15) is 5.82 Å². The summed E-state index contributed by atoms with van der Waals surface area (Å²) in [6.07, 6.45) is 1.63. The smallest absolute Gasteiger partial charge is 0.234 e. The molecule has 0 fully saturated rings. The van der Waals surface area contributed by atoms with Crippen molar-refractivity contribution in [3.8, 4) is 11.4 Å². The molecular formula is C14H17BrFN3O. The Morgan fingerprint density at radius 2 is 2.00 bits per heavy atom. The van der Waals surface area contributed by atoms with E-state index >= 15 is 0 Å². The number of nitrogens with two attached hydrogens (primary N) is 1. The van der Waals surface area contributed by atoms with Crippen molar-refractivity contribution in [2.45, 2.75) is 32.1 Å². The molecule has 6 heteroatoms. The summed E-state index contributed by atoms with van der Waals surface area (Å²) in [5, 5.41) is 3.95. The summed E-state index contributed by atoms with van der Waals surface area (Å²) < 4.78 is 19.4. The molecule has 2 N–H and O–H groups in total. The van der Waals surface area contributed by atoms with Crippen molar-refractivity contribution in [2.24, 2.45) is 5.73 Å². The van der Waals surface area contributed by atoms with Crippen LogP contribution in [0.5, 0.6) is 0 Å². The van der Waals surface area contributed by atoms with Crippen molar-refractivity contribution in [2.75, 3.05) is 6.54 Å². The second kappa shape index (κ2) is 6.01. The molecular weight excluding hydrogens is 325 g/mol. The zero-order valence-corrected chi connectivity index (χ0v) is 13.1. The molecule has 0 unspecified atom stereocenters. The summed E-state index contributed by atoms with van der Waals surface area (Å²) in [5.41, 5.74) is 6.13. The lowest BCUT2D eigenvalue weighted by Gasteiger charge is -2.24. The number of nitrogens with zero attached hydrogens (tertiary/aromatic N) is 2. The number of hydrogen-bond acceptors (Lipinski definition) is 4. The molecule has 0 aliphatic carbocycles. The van der Waals surface area contributed by atoms with Crippen LogP contribution < -0.4 is 5.73 Å². The third kappa shape index (κ3) is 2.76. The van der Waals surface area contributed by atoms with Crippen LogP contribution in [0, 0.1) is 5.82 Å². The lowest BCUT2D eigenvalue weighted by atomic mass is 9.82. The average molecular weight is 342 g/mol. The van der Waals surface area contributed by atoms with Crippen LogP contribution in [-0.4, -0.2) is 16.7 Å². The number of halogens is 2. The van der Waals surface area contributed by atoms with E-state index < -0.39 is 0 Å². The summed E-state index contributed by atoms with van der Waals surface area (Å²) in [4.78, 5) is 4.40. The minimum Gasteiger partial charge on any atom is -0.338 e. The van der Waals surface area contributed by atoms with Crippen LogP contribution in [-0.2, 0) is 5.41 Å². The highest BCUT2D eigenvalue weighted by Gasteiger charge is 2.33. The molecule has 20 heavy (non-hydrogen) atoms. The second-order valence-corrected chi connectivity index (χ2v) is 5.69. The van der Waals surface area contributed by atoms with Crippen molar-refractivity contribution in [1.82, 2.24) is 10.1 Å². The van der Waals surface area contributed by atoms with E-state index in [4.69, 9.17) is 10.3 Å². The van der Waals surface area contributed by atoms with E-state index in [0.717, 1.165) is 12.8 Å². The SMILES string of the molecule is CCC(CC)(CN)c1nc(-c2cc(F)cc(Br)c2)no1. The molecule has 1 aromatic carbocycles. The normalized spacial score (nSPS) is 11.8. The first kappa shape index (κ1) is 15.1. The van der Waals surface area contributed by atoms with Gasteiger partial charge in [0.25, 0.3) is 0 Å². The van der Waals surface area contributed by atoms with Crippen LogP contribution in [0.2, 0.25) is 0 Å². The van der Waals surface area contributed by atoms with Crippen LogP contribution in [0.25, 0.3) is 11.4 Å². The molecule has 108 valence electrons. The number of hydrogen-bond donors (Lipinski definition) is 1. The van der Waals surface area contributed by atoms with Crippen molar-refractivity contribution < 1.29 is 8.91 Å². The van der Waals surface area contributed by atoms with Gasteiger partial charge in [-0.05, 0) is 31.0 Å². The Morgan fingerprint density at radius 3 is 2.55 bits per heavy atom. The first-order chi connectivity index (χ1) is 9.54. The molecule has 1 aromatic heterocycles. The molecule has 2 rings (SSSR count). The van der Waals surface area contributed by atoms with Gasteiger partial charge in [-0.2, -0.15) is 4.98 Å². The van der Waals surface area contributed by atoms with E-state index in [2.05, 4.69) is 26.1 Å². The lowest BCUT2D eigenvalue weighted by molar-refractivity contribution is 0.267. The largest absolute Gasteiger partial charge is 0.338 e.